The second kappa shape index (κ2) is 3.80. The van der Waals surface area contributed by atoms with Crippen LogP contribution < -0.4 is 0 Å². The number of rotatable bonds is 1. The number of hydrogen-bond donors (Lipinski definition) is 1. The zero-order valence-corrected chi connectivity index (χ0v) is 9.48. The highest BCUT2D eigenvalue weighted by Gasteiger charge is 2.43. The quantitative estimate of drug-likeness (QED) is 0.654. The van der Waals surface area contributed by atoms with Crippen LogP contribution in [-0.4, -0.2) is 61.3 Å². The molecule has 0 aromatic heterocycles. The van der Waals surface area contributed by atoms with Crippen molar-refractivity contribution in [2.75, 3.05) is 34.2 Å². The van der Waals surface area contributed by atoms with Crippen molar-refractivity contribution in [3.05, 3.63) is 0 Å². The lowest BCUT2D eigenvalue weighted by molar-refractivity contribution is -0.0757. The molecule has 1 saturated heterocycles. The molecule has 3 heteroatoms. The number of piperidine rings is 1. The summed E-state index contributed by atoms with van der Waals surface area (Å²) in [7, 11) is 6.43. The third-order valence-corrected chi connectivity index (χ3v) is 3.98. The van der Waals surface area contributed by atoms with E-state index in [9.17, 15) is 5.11 Å². The van der Waals surface area contributed by atoms with E-state index in [4.69, 9.17) is 0 Å². The van der Waals surface area contributed by atoms with Crippen LogP contribution in [0.15, 0.2) is 0 Å². The highest BCUT2D eigenvalue weighted by molar-refractivity contribution is 4.96. The van der Waals surface area contributed by atoms with Crippen LogP contribution in [0.1, 0.15) is 12.8 Å². The SMILES string of the molecule is CN1CC2CC[C@@H](N(C)C)C(C1)[C@H]2O. The molecule has 0 aromatic carbocycles. The highest BCUT2D eigenvalue weighted by atomic mass is 16.3. The topological polar surface area (TPSA) is 26.7 Å². The van der Waals surface area contributed by atoms with Crippen LogP contribution in [-0.2, 0) is 0 Å². The van der Waals surface area contributed by atoms with Crippen molar-refractivity contribution in [1.29, 1.82) is 0 Å². The van der Waals surface area contributed by atoms with Gasteiger partial charge in [0.15, 0.2) is 0 Å². The Morgan fingerprint density at radius 3 is 2.57 bits per heavy atom. The molecule has 2 bridgehead atoms. The first-order chi connectivity index (χ1) is 6.59. The maximum Gasteiger partial charge on any atom is 0.0635 e. The minimum atomic E-state index is -0.0626. The van der Waals surface area contributed by atoms with Crippen molar-refractivity contribution in [2.45, 2.75) is 25.0 Å². The van der Waals surface area contributed by atoms with Crippen LogP contribution in [0.3, 0.4) is 0 Å². The second-order valence-corrected chi connectivity index (χ2v) is 5.24. The summed E-state index contributed by atoms with van der Waals surface area (Å²) in [6.45, 7) is 2.14. The molecule has 2 unspecified atom stereocenters. The van der Waals surface area contributed by atoms with E-state index in [0.717, 1.165) is 13.1 Å². The molecule has 2 rings (SSSR count). The van der Waals surface area contributed by atoms with Crippen LogP contribution in [0.4, 0.5) is 0 Å². The molecule has 82 valence electrons. The number of aliphatic hydroxyl groups is 1. The van der Waals surface area contributed by atoms with Gasteiger partial charge in [-0.3, -0.25) is 0 Å². The average molecular weight is 198 g/mol. The van der Waals surface area contributed by atoms with Crippen molar-refractivity contribution >= 4 is 0 Å². The van der Waals surface area contributed by atoms with E-state index in [-0.39, 0.29) is 6.10 Å². The maximum atomic E-state index is 10.2. The van der Waals surface area contributed by atoms with Crippen LogP contribution in [0.2, 0.25) is 0 Å². The Balaban J connectivity index is 2.12. The number of nitrogens with zero attached hydrogens (tertiary/aromatic N) is 2. The van der Waals surface area contributed by atoms with E-state index in [0.29, 0.717) is 17.9 Å². The first-order valence-corrected chi connectivity index (χ1v) is 5.62. The molecule has 1 aliphatic heterocycles. The van der Waals surface area contributed by atoms with Crippen LogP contribution >= 0.6 is 0 Å². The Bertz CT molecular complexity index is 207. The Kier molecular flexibility index (Phi) is 2.82. The lowest BCUT2D eigenvalue weighted by atomic mass is 9.72. The Hall–Kier alpha value is -0.120. The summed E-state index contributed by atoms with van der Waals surface area (Å²) >= 11 is 0. The number of likely N-dealkylation sites (tertiary alicyclic amines) is 1. The standard InChI is InChI=1S/C11H22N2O/c1-12(2)10-5-4-8-6-13(3)7-9(10)11(8)14/h8-11,14H,4-7H2,1-3H3/t8?,9?,10-,11+/m1/s1. The number of fused-ring (bicyclic) bond motifs is 2. The molecule has 1 aliphatic carbocycles. The van der Waals surface area contributed by atoms with Crippen molar-refractivity contribution in [2.24, 2.45) is 11.8 Å². The fraction of sp³-hybridized carbons (Fsp3) is 1.00. The van der Waals surface area contributed by atoms with Crippen molar-refractivity contribution < 1.29 is 5.11 Å². The molecule has 0 radical (unpaired) electrons. The van der Waals surface area contributed by atoms with Gasteiger partial charge in [-0.1, -0.05) is 0 Å². The molecule has 4 atom stereocenters. The van der Waals surface area contributed by atoms with Crippen LogP contribution in [0, 0.1) is 11.8 Å². The van der Waals surface area contributed by atoms with E-state index in [1.165, 1.54) is 12.8 Å². The van der Waals surface area contributed by atoms with Gasteiger partial charge in [0, 0.05) is 25.0 Å². The summed E-state index contributed by atoms with van der Waals surface area (Å²) in [6.07, 6.45) is 2.38. The predicted molar refractivity (Wildman–Crippen MR) is 57.2 cm³/mol. The zero-order valence-electron chi connectivity index (χ0n) is 9.48. The molecular formula is C11H22N2O. The van der Waals surface area contributed by atoms with E-state index in [2.05, 4.69) is 30.9 Å². The third kappa shape index (κ3) is 1.69. The highest BCUT2D eigenvalue weighted by Crippen LogP contribution is 2.36. The van der Waals surface area contributed by atoms with Crippen molar-refractivity contribution in [3.8, 4) is 0 Å². The van der Waals surface area contributed by atoms with E-state index >= 15 is 0 Å². The van der Waals surface area contributed by atoms with Crippen LogP contribution in [0.25, 0.3) is 0 Å². The monoisotopic (exact) mass is 198 g/mol. The van der Waals surface area contributed by atoms with Gasteiger partial charge in [-0.05, 0) is 39.9 Å². The molecule has 14 heavy (non-hydrogen) atoms. The Morgan fingerprint density at radius 1 is 1.21 bits per heavy atom. The van der Waals surface area contributed by atoms with Gasteiger partial charge in [0.1, 0.15) is 0 Å². The van der Waals surface area contributed by atoms with E-state index in [1.807, 2.05) is 0 Å². The summed E-state index contributed by atoms with van der Waals surface area (Å²) in [5, 5.41) is 10.2. The molecule has 0 aromatic rings. The summed E-state index contributed by atoms with van der Waals surface area (Å²) in [5.74, 6) is 0.984. The first-order valence-electron chi connectivity index (χ1n) is 5.62. The smallest absolute Gasteiger partial charge is 0.0635 e. The lowest BCUT2D eigenvalue weighted by Crippen LogP contribution is -2.58. The summed E-state index contributed by atoms with van der Waals surface area (Å²) in [4.78, 5) is 4.65. The molecule has 1 saturated carbocycles. The van der Waals surface area contributed by atoms with Crippen molar-refractivity contribution in [1.82, 2.24) is 9.80 Å². The fourth-order valence-electron chi connectivity index (χ4n) is 3.25. The molecule has 1 heterocycles. The van der Waals surface area contributed by atoms with Gasteiger partial charge in [-0.2, -0.15) is 0 Å². The van der Waals surface area contributed by atoms with Gasteiger partial charge in [0.2, 0.25) is 0 Å². The molecule has 2 aliphatic rings. The Morgan fingerprint density at radius 2 is 1.93 bits per heavy atom. The first kappa shape index (κ1) is 10.4. The minimum Gasteiger partial charge on any atom is -0.392 e. The average Bonchev–Trinajstić information content (AvgIpc) is 2.07. The number of aliphatic hydroxyl groups excluding tert-OH is 1. The van der Waals surface area contributed by atoms with Gasteiger partial charge in [-0.15, -0.1) is 0 Å². The molecule has 0 amide bonds. The maximum absolute atomic E-state index is 10.2. The third-order valence-electron chi connectivity index (χ3n) is 3.98. The molecular weight excluding hydrogens is 176 g/mol. The summed E-state index contributed by atoms with van der Waals surface area (Å²) in [5.41, 5.74) is 0. The predicted octanol–water partition coefficient (Wildman–Crippen LogP) is 0.249. The van der Waals surface area contributed by atoms with Gasteiger partial charge in [0.25, 0.3) is 0 Å². The van der Waals surface area contributed by atoms with Crippen molar-refractivity contribution in [3.63, 3.8) is 0 Å². The van der Waals surface area contributed by atoms with Crippen LogP contribution in [0.5, 0.6) is 0 Å². The zero-order chi connectivity index (χ0) is 10.3. The molecule has 2 fully saturated rings. The normalized spacial score (nSPS) is 44.4. The lowest BCUT2D eigenvalue weighted by Gasteiger charge is -2.49. The second-order valence-electron chi connectivity index (χ2n) is 5.24. The van der Waals surface area contributed by atoms with Gasteiger partial charge in [-0.25, -0.2) is 0 Å². The molecule has 1 N–H and O–H groups in total. The Labute approximate surface area is 86.7 Å². The van der Waals surface area contributed by atoms with Gasteiger partial charge >= 0.3 is 0 Å². The summed E-state index contributed by atoms with van der Waals surface area (Å²) in [6, 6.07) is 0.573. The van der Waals surface area contributed by atoms with Gasteiger partial charge < -0.3 is 14.9 Å². The largest absolute Gasteiger partial charge is 0.392 e. The molecule has 0 spiro atoms. The molecule has 3 nitrogen and oxygen atoms in total. The van der Waals surface area contributed by atoms with E-state index < -0.39 is 0 Å². The van der Waals surface area contributed by atoms with E-state index in [1.54, 1.807) is 0 Å². The van der Waals surface area contributed by atoms with Gasteiger partial charge in [0.05, 0.1) is 6.10 Å². The summed E-state index contributed by atoms with van der Waals surface area (Å²) < 4.78 is 0. The number of hydrogen-bond acceptors (Lipinski definition) is 3. The minimum absolute atomic E-state index is 0.0626. The fourth-order valence-corrected chi connectivity index (χ4v) is 3.25.